The smallest absolute Gasteiger partial charge is 0.243 e. The van der Waals surface area contributed by atoms with Crippen molar-refractivity contribution >= 4 is 85.9 Å². The van der Waals surface area contributed by atoms with E-state index in [2.05, 4.69) is 62.5 Å². The minimum atomic E-state index is -1.38. The molecule has 0 aliphatic carbocycles. The lowest BCUT2D eigenvalue weighted by Gasteiger charge is -2.29. The van der Waals surface area contributed by atoms with Gasteiger partial charge in [-0.1, -0.05) is 68.4 Å². The summed E-state index contributed by atoms with van der Waals surface area (Å²) < 4.78 is 0. The molecule has 1 aliphatic rings. The molecule has 1 aliphatic heterocycles. The Hall–Kier alpha value is -8.81. The van der Waals surface area contributed by atoms with Gasteiger partial charge in [-0.25, -0.2) is 0 Å². The number of aliphatic imine (C=N–C) groups is 1. The number of benzene rings is 3. The molecule has 0 spiro atoms. The fourth-order valence-electron chi connectivity index (χ4n) is 11.0. The molecule has 0 bridgehead atoms. The lowest BCUT2D eigenvalue weighted by atomic mass is 9.98. The van der Waals surface area contributed by atoms with Gasteiger partial charge in [0.2, 0.25) is 47.3 Å². The van der Waals surface area contributed by atoms with Crippen molar-refractivity contribution < 1.29 is 38.4 Å². The first-order chi connectivity index (χ1) is 42.0. The molecule has 8 amide bonds. The van der Waals surface area contributed by atoms with Crippen LogP contribution in [-0.2, 0) is 57.6 Å². The van der Waals surface area contributed by atoms with Gasteiger partial charge in [0.1, 0.15) is 48.3 Å². The molecule has 21 N–H and O–H groups in total. The molecule has 8 atom stereocenters. The van der Waals surface area contributed by atoms with Crippen molar-refractivity contribution in [2.45, 2.75) is 152 Å². The Kier molecular flexibility index (Phi) is 24.6. The van der Waals surface area contributed by atoms with E-state index in [4.69, 9.17) is 28.7 Å². The quantitative estimate of drug-likeness (QED) is 0.0244. The number of rotatable bonds is 23. The number of hydrogen-bond donors (Lipinski definition) is 16. The topological polar surface area (TPSA) is 423 Å². The molecule has 4 heterocycles. The van der Waals surface area contributed by atoms with Crippen molar-refractivity contribution in [2.24, 2.45) is 39.6 Å². The van der Waals surface area contributed by atoms with Gasteiger partial charge in [0.05, 0.1) is 0 Å². The predicted octanol–water partition coefficient (Wildman–Crippen LogP) is 1.15. The van der Waals surface area contributed by atoms with Crippen molar-refractivity contribution in [1.82, 2.24) is 57.5 Å². The largest absolute Gasteiger partial charge is 0.370 e. The third-order valence-electron chi connectivity index (χ3n) is 15.6. The van der Waals surface area contributed by atoms with Crippen molar-refractivity contribution in [3.63, 3.8) is 0 Å². The number of carbonyl (C=O) groups is 8. The van der Waals surface area contributed by atoms with Gasteiger partial charge in [0.25, 0.3) is 0 Å². The summed E-state index contributed by atoms with van der Waals surface area (Å²) in [5, 5.41) is 25.4. The summed E-state index contributed by atoms with van der Waals surface area (Å²) in [5.74, 6) is -6.33. The zero-order chi connectivity index (χ0) is 62.4. The van der Waals surface area contributed by atoms with Crippen LogP contribution in [0.1, 0.15) is 101 Å². The third kappa shape index (κ3) is 18.8. The number of guanidine groups is 1. The molecule has 87 heavy (non-hydrogen) atoms. The van der Waals surface area contributed by atoms with E-state index in [1.165, 1.54) is 0 Å². The molecule has 25 heteroatoms. The van der Waals surface area contributed by atoms with Crippen molar-refractivity contribution in [3.8, 4) is 0 Å². The Balaban J connectivity index is 1.34. The summed E-state index contributed by atoms with van der Waals surface area (Å²) in [5.41, 5.74) is 33.4. The second kappa shape index (κ2) is 32.6. The summed E-state index contributed by atoms with van der Waals surface area (Å²) in [4.78, 5) is 133. The second-order valence-electron chi connectivity index (χ2n) is 22.8. The number of nitrogens with one attached hydrogen (secondary N) is 11. The molecule has 0 unspecified atom stereocenters. The Labute approximate surface area is 505 Å². The molecule has 3 aromatic carbocycles. The Morgan fingerprint density at radius 3 is 1.01 bits per heavy atom. The van der Waals surface area contributed by atoms with E-state index in [9.17, 15) is 19.2 Å². The van der Waals surface area contributed by atoms with Gasteiger partial charge in [-0.05, 0) is 131 Å². The number of aromatic nitrogens is 3. The van der Waals surface area contributed by atoms with E-state index >= 15 is 19.2 Å². The predicted molar refractivity (Wildman–Crippen MR) is 335 cm³/mol. The van der Waals surface area contributed by atoms with E-state index < -0.39 is 95.6 Å². The third-order valence-corrected chi connectivity index (χ3v) is 15.6. The Morgan fingerprint density at radius 1 is 0.391 bits per heavy atom. The fraction of sp³-hybridized carbons (Fsp3) is 0.468. The maximum atomic E-state index is 15.3. The molecule has 0 radical (unpaired) electrons. The van der Waals surface area contributed by atoms with Gasteiger partial charge in [0, 0.05) is 77.1 Å². The number of amides is 8. The highest BCUT2D eigenvalue weighted by atomic mass is 16.2. The number of fused-ring (bicyclic) bond motifs is 3. The highest BCUT2D eigenvalue weighted by molar-refractivity contribution is 6.00. The van der Waals surface area contributed by atoms with Crippen LogP contribution in [0.3, 0.4) is 0 Å². The van der Waals surface area contributed by atoms with Gasteiger partial charge in [0.15, 0.2) is 5.96 Å². The lowest BCUT2D eigenvalue weighted by molar-refractivity contribution is -0.137. The van der Waals surface area contributed by atoms with Crippen molar-refractivity contribution in [2.75, 3.05) is 26.2 Å². The van der Waals surface area contributed by atoms with E-state index in [-0.39, 0.29) is 102 Å². The first-order valence-electron chi connectivity index (χ1n) is 30.2. The van der Waals surface area contributed by atoms with Gasteiger partial charge < -0.3 is 86.2 Å². The summed E-state index contributed by atoms with van der Waals surface area (Å²) in [6, 6.07) is 11.8. The number of H-pyrrole nitrogens is 3. The highest BCUT2D eigenvalue weighted by Crippen LogP contribution is 2.24. The van der Waals surface area contributed by atoms with Crippen LogP contribution in [0.15, 0.2) is 96.4 Å². The van der Waals surface area contributed by atoms with E-state index in [0.29, 0.717) is 42.4 Å². The van der Waals surface area contributed by atoms with Crippen LogP contribution in [0, 0.1) is 5.92 Å². The molecular weight excluding hydrogens is 1110 g/mol. The van der Waals surface area contributed by atoms with Crippen LogP contribution in [0.5, 0.6) is 0 Å². The maximum Gasteiger partial charge on any atom is 0.243 e. The number of hydrogen-bond acceptors (Lipinski definition) is 12. The number of aromatic amines is 3. The van der Waals surface area contributed by atoms with Gasteiger partial charge in [-0.2, -0.15) is 0 Å². The van der Waals surface area contributed by atoms with Crippen LogP contribution in [-0.4, -0.2) is 143 Å². The average Bonchev–Trinajstić information content (AvgIpc) is 3.83. The summed E-state index contributed by atoms with van der Waals surface area (Å²) in [7, 11) is 0. The zero-order valence-electron chi connectivity index (χ0n) is 49.7. The fourth-order valence-corrected chi connectivity index (χ4v) is 11.0. The van der Waals surface area contributed by atoms with E-state index in [0.717, 1.165) is 32.7 Å². The Morgan fingerprint density at radius 2 is 0.678 bits per heavy atom. The zero-order valence-corrected chi connectivity index (χ0v) is 49.7. The number of nitrogens with two attached hydrogens (primary N) is 5. The SMILES string of the molecule is CC(C)C[C@@H]1NC(=O)[C@H](Cc2c[nH]c3ccccc23)NC(=O)[C@H](CCCCN)NC(=O)[C@H](CCCN=C(N)N)NC(=O)[C@H](CCCCN)NC(=O)[C@H](CCCN)NC(=O)[C@H](Cc2c[nH]c3ccccc23)NC(=O)[C@H](Cc2c[nH]c3ccccc23)NC1=O. The summed E-state index contributed by atoms with van der Waals surface area (Å²) in [6.45, 7) is 4.51. The first-order valence-corrected chi connectivity index (χ1v) is 30.2. The average molecular weight is 1200 g/mol. The van der Waals surface area contributed by atoms with Crippen molar-refractivity contribution in [3.05, 3.63) is 108 Å². The molecular formula is C62H87N17O8. The molecule has 6 aromatic rings. The minimum Gasteiger partial charge on any atom is -0.370 e. The monoisotopic (exact) mass is 1200 g/mol. The lowest BCUT2D eigenvalue weighted by Crippen LogP contribution is -2.62. The summed E-state index contributed by atoms with van der Waals surface area (Å²) >= 11 is 0. The molecule has 7 rings (SSSR count). The summed E-state index contributed by atoms with van der Waals surface area (Å²) in [6.07, 6.45) is 7.35. The van der Waals surface area contributed by atoms with Gasteiger partial charge >= 0.3 is 0 Å². The van der Waals surface area contributed by atoms with Crippen LogP contribution >= 0.6 is 0 Å². The Bertz CT molecular complexity index is 3330. The number of para-hydroxylation sites is 3. The molecule has 0 saturated carbocycles. The first kappa shape index (κ1) is 65.7. The normalized spacial score (nSPS) is 21.7. The molecule has 3 aromatic heterocycles. The molecule has 468 valence electrons. The van der Waals surface area contributed by atoms with E-state index in [1.807, 2.05) is 86.6 Å². The van der Waals surface area contributed by atoms with Crippen LogP contribution in [0.2, 0.25) is 0 Å². The highest BCUT2D eigenvalue weighted by Gasteiger charge is 2.37. The molecule has 25 nitrogen and oxygen atoms in total. The van der Waals surface area contributed by atoms with Crippen LogP contribution in [0.4, 0.5) is 0 Å². The number of nitrogens with zero attached hydrogens (tertiary/aromatic N) is 1. The standard InChI is InChI=1S/C62H87N17O8/c1-36(2)29-50-58(84)78-53(32-39-35-71-45-20-8-5-17-42(39)45)61(87)79-51(30-37-33-69-43-18-6-3-15-40(37)43)59(85)75-48(23-13-27-65)55(81)72-46(21-9-11-25-63)54(80)74-49(24-14-28-68-62(66)67)56(82)73-47(22-10-12-26-64)57(83)77-52(60(86)76-50)31-38-34-70-44-19-7-4-16-41(38)44/h3-8,15-20,33-36,46-53,69-71H,9-14,21-32,63-65H2,1-2H3,(H,72,81)(H,73,82)(H,74,80)(H,75,85)(H,76,86)(H,77,83)(H,78,84)(H,79,87)(H4,66,67,68)/t46-,47-,48-,49-,50-,51-,52-,53-/m0/s1. The molecule has 1 fully saturated rings. The second-order valence-corrected chi connectivity index (χ2v) is 22.8. The maximum absolute atomic E-state index is 15.3. The van der Waals surface area contributed by atoms with Gasteiger partial charge in [-0.15, -0.1) is 0 Å². The number of carbonyl (C=O) groups excluding carboxylic acids is 8. The molecule has 1 saturated heterocycles. The van der Waals surface area contributed by atoms with E-state index in [1.54, 1.807) is 18.6 Å². The van der Waals surface area contributed by atoms with Crippen LogP contribution in [0.25, 0.3) is 32.7 Å². The number of unbranched alkanes of at least 4 members (excludes halogenated alkanes) is 2. The minimum absolute atomic E-state index is 0.0211. The van der Waals surface area contributed by atoms with Gasteiger partial charge in [-0.3, -0.25) is 43.3 Å². The van der Waals surface area contributed by atoms with Crippen molar-refractivity contribution in [1.29, 1.82) is 0 Å². The van der Waals surface area contributed by atoms with Crippen LogP contribution < -0.4 is 71.2 Å².